The predicted octanol–water partition coefficient (Wildman–Crippen LogP) is 5.72. The van der Waals surface area contributed by atoms with Crippen LogP contribution in [0, 0.1) is 34.6 Å². The summed E-state index contributed by atoms with van der Waals surface area (Å²) in [5.74, 6) is 0.0244. The third-order valence-corrected chi connectivity index (χ3v) is 7.02. The quantitative estimate of drug-likeness (QED) is 0.304. The van der Waals surface area contributed by atoms with Crippen molar-refractivity contribution in [1.82, 2.24) is 9.55 Å². The lowest BCUT2D eigenvalue weighted by molar-refractivity contribution is -0.113. The zero-order chi connectivity index (χ0) is 23.0. The minimum atomic E-state index is -0.128. The number of benzene rings is 2. The number of carbonyl (C=O) groups excluding carboxylic acids is 1. The first kappa shape index (κ1) is 22.3. The van der Waals surface area contributed by atoms with Crippen LogP contribution in [0.1, 0.15) is 27.8 Å². The molecule has 1 amide bonds. The highest BCUT2D eigenvalue weighted by atomic mass is 32.2. The molecular formula is C25H25N3O2S2. The van der Waals surface area contributed by atoms with Crippen LogP contribution in [0.15, 0.2) is 51.7 Å². The maximum absolute atomic E-state index is 13.3. The van der Waals surface area contributed by atoms with E-state index >= 15 is 0 Å². The number of carbonyl (C=O) groups is 1. The molecule has 5 nitrogen and oxygen atoms in total. The van der Waals surface area contributed by atoms with E-state index in [0.29, 0.717) is 15.4 Å². The number of amides is 1. The molecule has 164 valence electrons. The Balaban J connectivity index is 1.67. The molecule has 7 heteroatoms. The lowest BCUT2D eigenvalue weighted by Crippen LogP contribution is -2.22. The second-order valence-corrected chi connectivity index (χ2v) is 9.99. The van der Waals surface area contributed by atoms with Crippen LogP contribution >= 0.6 is 23.1 Å². The maximum atomic E-state index is 13.3. The SMILES string of the molecule is Cc1cc(C)cc(-n2c(SCC(=O)Nc3c(C)cc(C)cc3C)nc3ccsc3c2=O)c1. The number of aromatic nitrogens is 2. The van der Waals surface area contributed by atoms with Crippen LogP contribution in [0.5, 0.6) is 0 Å². The first-order valence-electron chi connectivity index (χ1n) is 10.3. The van der Waals surface area contributed by atoms with Crippen LogP contribution in [-0.4, -0.2) is 21.2 Å². The highest BCUT2D eigenvalue weighted by Crippen LogP contribution is 2.26. The first-order chi connectivity index (χ1) is 15.2. The highest BCUT2D eigenvalue weighted by Gasteiger charge is 2.17. The molecule has 0 bridgehead atoms. The summed E-state index contributed by atoms with van der Waals surface area (Å²) in [6.07, 6.45) is 0. The number of rotatable bonds is 5. The third-order valence-electron chi connectivity index (χ3n) is 5.19. The number of aryl methyl sites for hydroxylation is 5. The Morgan fingerprint density at radius 1 is 1.00 bits per heavy atom. The van der Waals surface area contributed by atoms with Gasteiger partial charge in [-0.3, -0.25) is 14.2 Å². The number of hydrogen-bond acceptors (Lipinski definition) is 5. The Hall–Kier alpha value is -2.90. The fourth-order valence-electron chi connectivity index (χ4n) is 3.98. The van der Waals surface area contributed by atoms with Gasteiger partial charge in [0.1, 0.15) is 4.70 Å². The number of fused-ring (bicyclic) bond motifs is 1. The number of thiophene rings is 1. The van der Waals surface area contributed by atoms with Gasteiger partial charge in [0.15, 0.2) is 5.16 Å². The molecule has 0 spiro atoms. The van der Waals surface area contributed by atoms with Crippen molar-refractivity contribution in [3.63, 3.8) is 0 Å². The molecule has 0 radical (unpaired) electrons. The van der Waals surface area contributed by atoms with Crippen molar-refractivity contribution in [2.75, 3.05) is 11.1 Å². The van der Waals surface area contributed by atoms with Gasteiger partial charge in [-0.05, 0) is 80.5 Å². The van der Waals surface area contributed by atoms with Crippen LogP contribution < -0.4 is 10.9 Å². The molecule has 0 fully saturated rings. The van der Waals surface area contributed by atoms with Gasteiger partial charge in [0.2, 0.25) is 5.91 Å². The van der Waals surface area contributed by atoms with Crippen molar-refractivity contribution in [1.29, 1.82) is 0 Å². The average molecular weight is 464 g/mol. The Kier molecular flexibility index (Phi) is 6.22. The van der Waals surface area contributed by atoms with E-state index < -0.39 is 0 Å². The van der Waals surface area contributed by atoms with E-state index in [9.17, 15) is 9.59 Å². The standard InChI is InChI=1S/C25H25N3O2S2/c1-14-8-15(2)12-19(11-14)28-24(30)23-20(6-7-31-23)26-25(28)32-13-21(29)27-22-17(4)9-16(3)10-18(22)5/h6-12H,13H2,1-5H3,(H,27,29). The topological polar surface area (TPSA) is 64.0 Å². The summed E-state index contributed by atoms with van der Waals surface area (Å²) < 4.78 is 2.24. The zero-order valence-electron chi connectivity index (χ0n) is 18.8. The van der Waals surface area contributed by atoms with Gasteiger partial charge in [0.25, 0.3) is 5.56 Å². The van der Waals surface area contributed by atoms with E-state index in [1.54, 1.807) is 4.57 Å². The summed E-state index contributed by atoms with van der Waals surface area (Å²) in [7, 11) is 0. The Morgan fingerprint density at radius 3 is 2.28 bits per heavy atom. The highest BCUT2D eigenvalue weighted by molar-refractivity contribution is 7.99. The Labute approximate surface area is 195 Å². The average Bonchev–Trinajstić information content (AvgIpc) is 3.17. The molecule has 2 aromatic heterocycles. The van der Waals surface area contributed by atoms with Crippen LogP contribution in [0.4, 0.5) is 5.69 Å². The summed E-state index contributed by atoms with van der Waals surface area (Å²) >= 11 is 2.66. The number of nitrogens with one attached hydrogen (secondary N) is 1. The van der Waals surface area contributed by atoms with Crippen molar-refractivity contribution < 1.29 is 4.79 Å². The Morgan fingerprint density at radius 2 is 1.62 bits per heavy atom. The number of thioether (sulfide) groups is 1. The number of nitrogens with zero attached hydrogens (tertiary/aromatic N) is 2. The molecular weight excluding hydrogens is 438 g/mol. The van der Waals surface area contributed by atoms with Gasteiger partial charge in [-0.25, -0.2) is 4.98 Å². The maximum Gasteiger partial charge on any atom is 0.276 e. The Bertz CT molecular complexity index is 1360. The van der Waals surface area contributed by atoms with Crippen molar-refractivity contribution in [2.24, 2.45) is 0 Å². The molecule has 2 heterocycles. The minimum absolute atomic E-state index is 0.108. The largest absolute Gasteiger partial charge is 0.325 e. The third kappa shape index (κ3) is 4.49. The van der Waals surface area contributed by atoms with E-state index in [1.807, 2.05) is 58.2 Å². The lowest BCUT2D eigenvalue weighted by Gasteiger charge is -2.15. The van der Waals surface area contributed by atoms with Gasteiger partial charge >= 0.3 is 0 Å². The van der Waals surface area contributed by atoms with Gasteiger partial charge in [-0.1, -0.05) is 35.5 Å². The van der Waals surface area contributed by atoms with Crippen molar-refractivity contribution >= 4 is 44.9 Å². The monoisotopic (exact) mass is 463 g/mol. The van der Waals surface area contributed by atoms with Gasteiger partial charge in [0, 0.05) is 5.69 Å². The number of hydrogen-bond donors (Lipinski definition) is 1. The van der Waals surface area contributed by atoms with E-state index in [1.165, 1.54) is 23.1 Å². The molecule has 2 aromatic carbocycles. The van der Waals surface area contributed by atoms with Crippen molar-refractivity contribution in [3.8, 4) is 5.69 Å². The molecule has 0 aliphatic heterocycles. The molecule has 32 heavy (non-hydrogen) atoms. The van der Waals surface area contributed by atoms with Crippen LogP contribution in [0.25, 0.3) is 15.9 Å². The molecule has 0 aliphatic rings. The van der Waals surface area contributed by atoms with E-state index in [2.05, 4.69) is 23.5 Å². The van der Waals surface area contributed by atoms with E-state index in [4.69, 9.17) is 4.98 Å². The molecule has 0 aliphatic carbocycles. The van der Waals surface area contributed by atoms with Gasteiger partial charge < -0.3 is 5.32 Å². The van der Waals surface area contributed by atoms with E-state index in [0.717, 1.165) is 39.2 Å². The first-order valence-corrected chi connectivity index (χ1v) is 12.2. The molecule has 4 rings (SSSR count). The predicted molar refractivity (Wildman–Crippen MR) is 135 cm³/mol. The zero-order valence-corrected chi connectivity index (χ0v) is 20.4. The lowest BCUT2D eigenvalue weighted by atomic mass is 10.1. The van der Waals surface area contributed by atoms with Crippen molar-refractivity contribution in [2.45, 2.75) is 39.8 Å². The van der Waals surface area contributed by atoms with Gasteiger partial charge in [-0.15, -0.1) is 11.3 Å². The summed E-state index contributed by atoms with van der Waals surface area (Å²) in [5.41, 5.74) is 7.53. The van der Waals surface area contributed by atoms with E-state index in [-0.39, 0.29) is 17.2 Å². The second kappa shape index (κ2) is 8.92. The van der Waals surface area contributed by atoms with Crippen LogP contribution in [0.3, 0.4) is 0 Å². The van der Waals surface area contributed by atoms with Gasteiger partial charge in [-0.2, -0.15) is 0 Å². The summed E-state index contributed by atoms with van der Waals surface area (Å²) in [6, 6.07) is 12.0. The molecule has 0 atom stereocenters. The van der Waals surface area contributed by atoms with Crippen molar-refractivity contribution in [3.05, 3.63) is 79.9 Å². The van der Waals surface area contributed by atoms with Crippen LogP contribution in [0.2, 0.25) is 0 Å². The molecule has 0 saturated carbocycles. The summed E-state index contributed by atoms with van der Waals surface area (Å²) in [4.78, 5) is 30.8. The fraction of sp³-hybridized carbons (Fsp3) is 0.240. The molecule has 0 saturated heterocycles. The summed E-state index contributed by atoms with van der Waals surface area (Å²) in [6.45, 7) is 10.0. The van der Waals surface area contributed by atoms with Gasteiger partial charge in [0.05, 0.1) is 17.0 Å². The summed E-state index contributed by atoms with van der Waals surface area (Å²) in [5, 5.41) is 5.41. The number of anilines is 1. The molecule has 0 unspecified atom stereocenters. The molecule has 1 N–H and O–H groups in total. The van der Waals surface area contributed by atoms with Crippen LogP contribution in [-0.2, 0) is 4.79 Å². The normalized spacial score (nSPS) is 11.2. The second-order valence-electron chi connectivity index (χ2n) is 8.13. The fourth-order valence-corrected chi connectivity index (χ4v) is 5.55. The smallest absolute Gasteiger partial charge is 0.276 e. The molecule has 4 aromatic rings. The minimum Gasteiger partial charge on any atom is -0.325 e.